The molecule has 1 aliphatic heterocycles. The van der Waals surface area contributed by atoms with Crippen molar-refractivity contribution < 1.29 is 14.3 Å². The first-order valence-corrected chi connectivity index (χ1v) is 7.80. The molecule has 6 heteroatoms. The molecule has 118 valence electrons. The lowest BCUT2D eigenvalue weighted by Crippen LogP contribution is -2.39. The zero-order valence-corrected chi connectivity index (χ0v) is 13.9. The van der Waals surface area contributed by atoms with Crippen molar-refractivity contribution in [3.8, 4) is 0 Å². The van der Waals surface area contributed by atoms with Gasteiger partial charge < -0.3 is 9.53 Å². The SMILES string of the molecule is COC(=O)C(c1ccccc1Cl)N1CCC(S)=C(CC=O)C1. The van der Waals surface area contributed by atoms with Gasteiger partial charge in [-0.15, -0.1) is 12.6 Å². The Hall–Kier alpha value is -1.30. The Balaban J connectivity index is 2.34. The second-order valence-corrected chi connectivity index (χ2v) is 6.04. The number of aldehydes is 1. The van der Waals surface area contributed by atoms with Crippen LogP contribution < -0.4 is 0 Å². The van der Waals surface area contributed by atoms with Crippen molar-refractivity contribution in [2.75, 3.05) is 20.2 Å². The van der Waals surface area contributed by atoms with Crippen LogP contribution in [0, 0.1) is 0 Å². The number of esters is 1. The molecule has 1 heterocycles. The van der Waals surface area contributed by atoms with Gasteiger partial charge in [-0.25, -0.2) is 4.79 Å². The van der Waals surface area contributed by atoms with Crippen LogP contribution in [0.3, 0.4) is 0 Å². The van der Waals surface area contributed by atoms with E-state index >= 15 is 0 Å². The van der Waals surface area contributed by atoms with Crippen molar-refractivity contribution in [3.05, 3.63) is 45.3 Å². The summed E-state index contributed by atoms with van der Waals surface area (Å²) in [5, 5.41) is 0.524. The molecule has 0 fully saturated rings. The average molecular weight is 340 g/mol. The number of nitrogens with zero attached hydrogens (tertiary/aromatic N) is 1. The van der Waals surface area contributed by atoms with Crippen LogP contribution in [0.4, 0.5) is 0 Å². The topological polar surface area (TPSA) is 46.6 Å². The van der Waals surface area contributed by atoms with E-state index in [1.807, 2.05) is 23.1 Å². The molecule has 0 amide bonds. The normalized spacial score (nSPS) is 17.2. The van der Waals surface area contributed by atoms with Crippen LogP contribution in [0.2, 0.25) is 5.02 Å². The van der Waals surface area contributed by atoms with E-state index < -0.39 is 6.04 Å². The van der Waals surface area contributed by atoms with E-state index in [0.717, 1.165) is 16.8 Å². The van der Waals surface area contributed by atoms with Crippen LogP contribution in [0.5, 0.6) is 0 Å². The summed E-state index contributed by atoms with van der Waals surface area (Å²) in [4.78, 5) is 26.0. The Morgan fingerprint density at radius 1 is 1.50 bits per heavy atom. The van der Waals surface area contributed by atoms with Crippen LogP contribution in [-0.2, 0) is 14.3 Å². The highest BCUT2D eigenvalue weighted by atomic mass is 35.5. The molecule has 0 saturated heterocycles. The van der Waals surface area contributed by atoms with Gasteiger partial charge in [-0.3, -0.25) is 4.90 Å². The maximum Gasteiger partial charge on any atom is 0.327 e. The summed E-state index contributed by atoms with van der Waals surface area (Å²) in [6, 6.07) is 6.65. The van der Waals surface area contributed by atoms with Crippen LogP contribution in [0.25, 0.3) is 0 Å². The summed E-state index contributed by atoms with van der Waals surface area (Å²) in [6.07, 6.45) is 1.88. The fourth-order valence-corrected chi connectivity index (χ4v) is 3.13. The zero-order valence-electron chi connectivity index (χ0n) is 12.3. The standard InChI is InChI=1S/C16H18ClNO3S/c1-21-16(20)15(12-4-2-3-5-13(12)17)18-8-6-14(22)11(10-18)7-9-19/h2-5,9,15,22H,6-8,10H2,1H3. The molecule has 1 atom stereocenters. The minimum Gasteiger partial charge on any atom is -0.468 e. The van der Waals surface area contributed by atoms with Gasteiger partial charge in [0.1, 0.15) is 12.3 Å². The molecule has 0 aliphatic carbocycles. The fraction of sp³-hybridized carbons (Fsp3) is 0.375. The fourth-order valence-electron chi connectivity index (χ4n) is 2.63. The number of halogens is 1. The molecule has 22 heavy (non-hydrogen) atoms. The maximum absolute atomic E-state index is 12.3. The van der Waals surface area contributed by atoms with Crippen molar-refractivity contribution in [1.82, 2.24) is 4.90 Å². The molecule has 0 bridgehead atoms. The minimum absolute atomic E-state index is 0.325. The Kier molecular flexibility index (Phi) is 6.06. The van der Waals surface area contributed by atoms with E-state index in [-0.39, 0.29) is 5.97 Å². The molecule has 2 rings (SSSR count). The molecule has 0 spiro atoms. The van der Waals surface area contributed by atoms with Crippen LogP contribution in [0.1, 0.15) is 24.4 Å². The Bertz CT molecular complexity index is 603. The number of hydrogen-bond donors (Lipinski definition) is 1. The lowest BCUT2D eigenvalue weighted by Gasteiger charge is -2.34. The monoisotopic (exact) mass is 339 g/mol. The van der Waals surface area contributed by atoms with Gasteiger partial charge in [0.25, 0.3) is 0 Å². The molecule has 1 aromatic rings. The molecule has 0 saturated carbocycles. The van der Waals surface area contributed by atoms with Gasteiger partial charge in [-0.05, 0) is 28.5 Å². The Labute approximate surface area is 140 Å². The van der Waals surface area contributed by atoms with Crippen molar-refractivity contribution in [2.24, 2.45) is 0 Å². The van der Waals surface area contributed by atoms with Crippen molar-refractivity contribution in [3.63, 3.8) is 0 Å². The van der Waals surface area contributed by atoms with E-state index in [1.54, 1.807) is 6.07 Å². The first-order valence-electron chi connectivity index (χ1n) is 6.98. The van der Waals surface area contributed by atoms with E-state index in [2.05, 4.69) is 12.6 Å². The van der Waals surface area contributed by atoms with Crippen LogP contribution >= 0.6 is 24.2 Å². The van der Waals surface area contributed by atoms with Gasteiger partial charge in [0.15, 0.2) is 0 Å². The summed E-state index contributed by atoms with van der Waals surface area (Å²) in [7, 11) is 1.36. The van der Waals surface area contributed by atoms with Crippen LogP contribution in [-0.4, -0.2) is 37.4 Å². The van der Waals surface area contributed by atoms with Gasteiger partial charge in [0.05, 0.1) is 7.11 Å². The van der Waals surface area contributed by atoms with E-state index in [0.29, 0.717) is 36.5 Å². The molecule has 0 N–H and O–H groups in total. The lowest BCUT2D eigenvalue weighted by molar-refractivity contribution is -0.147. The summed E-state index contributed by atoms with van der Waals surface area (Å²) < 4.78 is 4.95. The number of rotatable bonds is 5. The highest BCUT2D eigenvalue weighted by molar-refractivity contribution is 7.84. The smallest absolute Gasteiger partial charge is 0.327 e. The Morgan fingerprint density at radius 3 is 2.86 bits per heavy atom. The first kappa shape index (κ1) is 17.1. The zero-order chi connectivity index (χ0) is 16.1. The second-order valence-electron chi connectivity index (χ2n) is 5.09. The highest BCUT2D eigenvalue weighted by Crippen LogP contribution is 2.33. The number of methoxy groups -OCH3 is 1. The second kappa shape index (κ2) is 7.81. The lowest BCUT2D eigenvalue weighted by atomic mass is 10.00. The third kappa shape index (κ3) is 3.72. The maximum atomic E-state index is 12.3. The third-order valence-corrected chi connectivity index (χ3v) is 4.64. The largest absolute Gasteiger partial charge is 0.468 e. The number of thiol groups is 1. The number of benzene rings is 1. The van der Waals surface area contributed by atoms with Crippen molar-refractivity contribution in [2.45, 2.75) is 18.9 Å². The molecule has 0 aromatic heterocycles. The predicted octanol–water partition coefficient (Wildman–Crippen LogP) is 3.03. The minimum atomic E-state index is -0.582. The van der Waals surface area contributed by atoms with E-state index in [1.165, 1.54) is 7.11 Å². The molecule has 0 radical (unpaired) electrons. The summed E-state index contributed by atoms with van der Waals surface area (Å²) in [5.41, 5.74) is 1.65. The predicted molar refractivity (Wildman–Crippen MR) is 89.1 cm³/mol. The van der Waals surface area contributed by atoms with Gasteiger partial charge in [-0.1, -0.05) is 29.8 Å². The number of carbonyl (C=O) groups excluding carboxylic acids is 2. The molecule has 4 nitrogen and oxygen atoms in total. The summed E-state index contributed by atoms with van der Waals surface area (Å²) in [5.74, 6) is -0.360. The molecular weight excluding hydrogens is 322 g/mol. The van der Waals surface area contributed by atoms with Crippen molar-refractivity contribution >= 4 is 36.5 Å². The average Bonchev–Trinajstić information content (AvgIpc) is 2.52. The summed E-state index contributed by atoms with van der Waals surface area (Å²) in [6.45, 7) is 1.16. The van der Waals surface area contributed by atoms with Gasteiger partial charge in [0, 0.05) is 24.5 Å². The molecule has 1 aromatic carbocycles. The first-order chi connectivity index (χ1) is 10.6. The molecular formula is C16H18ClNO3S. The third-order valence-electron chi connectivity index (χ3n) is 3.76. The molecule has 1 aliphatic rings. The van der Waals surface area contributed by atoms with Crippen LogP contribution in [0.15, 0.2) is 34.7 Å². The van der Waals surface area contributed by atoms with Gasteiger partial charge in [-0.2, -0.15) is 0 Å². The molecule has 1 unspecified atom stereocenters. The quantitative estimate of drug-likeness (QED) is 0.509. The Morgan fingerprint density at radius 2 is 2.23 bits per heavy atom. The van der Waals surface area contributed by atoms with Gasteiger partial charge in [0.2, 0.25) is 0 Å². The van der Waals surface area contributed by atoms with E-state index in [4.69, 9.17) is 16.3 Å². The van der Waals surface area contributed by atoms with Crippen molar-refractivity contribution in [1.29, 1.82) is 0 Å². The number of ether oxygens (including phenoxy) is 1. The number of carbonyl (C=O) groups is 2. The number of hydrogen-bond acceptors (Lipinski definition) is 5. The highest BCUT2D eigenvalue weighted by Gasteiger charge is 2.32. The summed E-state index contributed by atoms with van der Waals surface area (Å²) >= 11 is 10.7. The van der Waals surface area contributed by atoms with Gasteiger partial charge >= 0.3 is 5.97 Å². The van der Waals surface area contributed by atoms with E-state index in [9.17, 15) is 9.59 Å².